The van der Waals surface area contributed by atoms with E-state index in [1.807, 2.05) is 12.2 Å². The molecule has 0 atom stereocenters. The zero-order valence-electron chi connectivity index (χ0n) is 7.59. The third-order valence-electron chi connectivity index (χ3n) is 1.89. The predicted molar refractivity (Wildman–Crippen MR) is 47.5 cm³/mol. The lowest BCUT2D eigenvalue weighted by molar-refractivity contribution is -0.138. The van der Waals surface area contributed by atoms with Gasteiger partial charge in [-0.3, -0.25) is 4.79 Å². The van der Waals surface area contributed by atoms with Gasteiger partial charge in [-0.15, -0.1) is 0 Å². The molecular formula is C10H14O2. The van der Waals surface area contributed by atoms with Gasteiger partial charge in [0.15, 0.2) is 0 Å². The lowest BCUT2D eigenvalue weighted by atomic mass is 10.2. The Labute approximate surface area is 72.9 Å². The van der Waals surface area contributed by atoms with E-state index in [1.54, 1.807) is 6.92 Å². The average molecular weight is 166 g/mol. The van der Waals surface area contributed by atoms with E-state index in [1.165, 1.54) is 5.57 Å². The molecule has 0 amide bonds. The van der Waals surface area contributed by atoms with E-state index in [0.29, 0.717) is 6.42 Å². The van der Waals surface area contributed by atoms with Crippen LogP contribution in [0.1, 0.15) is 33.1 Å². The van der Waals surface area contributed by atoms with E-state index in [9.17, 15) is 4.79 Å². The number of hydrogen-bond donors (Lipinski definition) is 0. The SMILES string of the molecule is CCC(=O)OC1=CCC(CC)=C1. The molecule has 0 aromatic rings. The van der Waals surface area contributed by atoms with E-state index in [0.717, 1.165) is 18.6 Å². The third kappa shape index (κ3) is 2.22. The van der Waals surface area contributed by atoms with Crippen LogP contribution < -0.4 is 0 Å². The van der Waals surface area contributed by atoms with Crippen LogP contribution in [0, 0.1) is 0 Å². The molecule has 0 aromatic carbocycles. The van der Waals surface area contributed by atoms with Crippen LogP contribution in [0.4, 0.5) is 0 Å². The van der Waals surface area contributed by atoms with Crippen LogP contribution in [0.5, 0.6) is 0 Å². The quantitative estimate of drug-likeness (QED) is 0.602. The summed E-state index contributed by atoms with van der Waals surface area (Å²) in [5.41, 5.74) is 1.33. The van der Waals surface area contributed by atoms with Crippen molar-refractivity contribution < 1.29 is 9.53 Å². The highest BCUT2D eigenvalue weighted by atomic mass is 16.5. The molecule has 0 radical (unpaired) electrons. The number of hydrogen-bond acceptors (Lipinski definition) is 2. The average Bonchev–Trinajstić information content (AvgIpc) is 2.52. The lowest BCUT2D eigenvalue weighted by Gasteiger charge is -1.99. The summed E-state index contributed by atoms with van der Waals surface area (Å²) in [5.74, 6) is 0.563. The maximum Gasteiger partial charge on any atom is 0.310 e. The monoisotopic (exact) mass is 166 g/mol. The number of esters is 1. The number of ether oxygens (including phenoxy) is 1. The summed E-state index contributed by atoms with van der Waals surface area (Å²) in [7, 11) is 0. The topological polar surface area (TPSA) is 26.3 Å². The molecule has 1 aliphatic carbocycles. The highest BCUT2D eigenvalue weighted by Crippen LogP contribution is 2.20. The van der Waals surface area contributed by atoms with Gasteiger partial charge in [-0.25, -0.2) is 0 Å². The van der Waals surface area contributed by atoms with Gasteiger partial charge < -0.3 is 4.74 Å². The zero-order chi connectivity index (χ0) is 8.97. The molecule has 0 spiro atoms. The highest BCUT2D eigenvalue weighted by molar-refractivity contribution is 5.70. The van der Waals surface area contributed by atoms with E-state index in [-0.39, 0.29) is 5.97 Å². The Morgan fingerprint density at radius 3 is 2.83 bits per heavy atom. The molecule has 0 unspecified atom stereocenters. The van der Waals surface area contributed by atoms with Gasteiger partial charge in [0.1, 0.15) is 5.76 Å². The minimum absolute atomic E-state index is 0.158. The maximum atomic E-state index is 10.9. The molecular weight excluding hydrogens is 152 g/mol. The summed E-state index contributed by atoms with van der Waals surface area (Å²) in [6.07, 6.45) is 6.30. The molecule has 0 saturated heterocycles. The van der Waals surface area contributed by atoms with Gasteiger partial charge in [-0.1, -0.05) is 19.4 Å². The van der Waals surface area contributed by atoms with Crippen molar-refractivity contribution in [3.8, 4) is 0 Å². The molecule has 0 heterocycles. The van der Waals surface area contributed by atoms with Crippen molar-refractivity contribution in [2.45, 2.75) is 33.1 Å². The Morgan fingerprint density at radius 2 is 2.33 bits per heavy atom. The largest absolute Gasteiger partial charge is 0.427 e. The molecule has 66 valence electrons. The normalized spacial score (nSPS) is 15.5. The Balaban J connectivity index is 2.45. The van der Waals surface area contributed by atoms with E-state index >= 15 is 0 Å². The minimum Gasteiger partial charge on any atom is -0.427 e. The van der Waals surface area contributed by atoms with Crippen LogP contribution in [0.2, 0.25) is 0 Å². The molecule has 1 rings (SSSR count). The summed E-state index contributed by atoms with van der Waals surface area (Å²) in [4.78, 5) is 10.9. The van der Waals surface area contributed by atoms with Crippen molar-refractivity contribution in [2.24, 2.45) is 0 Å². The summed E-state index contributed by atoms with van der Waals surface area (Å²) in [5, 5.41) is 0. The second-order valence-corrected chi connectivity index (χ2v) is 2.79. The lowest BCUT2D eigenvalue weighted by Crippen LogP contribution is -1.99. The van der Waals surface area contributed by atoms with Crippen molar-refractivity contribution in [3.63, 3.8) is 0 Å². The van der Waals surface area contributed by atoms with Gasteiger partial charge in [0.05, 0.1) is 0 Å². The van der Waals surface area contributed by atoms with Gasteiger partial charge in [0.2, 0.25) is 0 Å². The first-order valence-corrected chi connectivity index (χ1v) is 4.36. The first-order chi connectivity index (χ1) is 5.76. The zero-order valence-corrected chi connectivity index (χ0v) is 7.59. The van der Waals surface area contributed by atoms with E-state index in [2.05, 4.69) is 6.92 Å². The molecule has 0 saturated carbocycles. The molecule has 1 aliphatic rings. The highest BCUT2D eigenvalue weighted by Gasteiger charge is 2.08. The number of carbonyl (C=O) groups is 1. The Hall–Kier alpha value is -1.05. The van der Waals surface area contributed by atoms with E-state index < -0.39 is 0 Å². The smallest absolute Gasteiger partial charge is 0.310 e. The van der Waals surface area contributed by atoms with Gasteiger partial charge in [-0.2, -0.15) is 0 Å². The molecule has 0 aliphatic heterocycles. The fraction of sp³-hybridized carbons (Fsp3) is 0.500. The van der Waals surface area contributed by atoms with E-state index in [4.69, 9.17) is 4.74 Å². The fourth-order valence-electron chi connectivity index (χ4n) is 1.07. The predicted octanol–water partition coefficient (Wildman–Crippen LogP) is 2.56. The molecule has 0 aromatic heterocycles. The number of rotatable bonds is 3. The number of allylic oxidation sites excluding steroid dienone is 3. The van der Waals surface area contributed by atoms with Crippen LogP contribution in [-0.2, 0) is 9.53 Å². The second kappa shape index (κ2) is 4.10. The van der Waals surface area contributed by atoms with Crippen molar-refractivity contribution >= 4 is 5.97 Å². The molecule has 0 fully saturated rings. The van der Waals surface area contributed by atoms with Crippen molar-refractivity contribution in [1.82, 2.24) is 0 Å². The Morgan fingerprint density at radius 1 is 1.58 bits per heavy atom. The molecule has 12 heavy (non-hydrogen) atoms. The van der Waals surface area contributed by atoms with Crippen LogP contribution in [0.15, 0.2) is 23.5 Å². The minimum atomic E-state index is -0.158. The van der Waals surface area contributed by atoms with Gasteiger partial charge in [0, 0.05) is 6.42 Å². The Bertz CT molecular complexity index is 236. The fourth-order valence-corrected chi connectivity index (χ4v) is 1.07. The summed E-state index contributed by atoms with van der Waals surface area (Å²) >= 11 is 0. The first kappa shape index (κ1) is 9.04. The second-order valence-electron chi connectivity index (χ2n) is 2.79. The van der Waals surface area contributed by atoms with Crippen molar-refractivity contribution in [3.05, 3.63) is 23.5 Å². The summed E-state index contributed by atoms with van der Waals surface area (Å²) in [6, 6.07) is 0. The van der Waals surface area contributed by atoms with Gasteiger partial charge in [0.25, 0.3) is 0 Å². The van der Waals surface area contributed by atoms with Crippen LogP contribution in [0.25, 0.3) is 0 Å². The maximum absolute atomic E-state index is 10.9. The van der Waals surface area contributed by atoms with Crippen LogP contribution >= 0.6 is 0 Å². The summed E-state index contributed by atoms with van der Waals surface area (Å²) < 4.78 is 5.04. The molecule has 0 N–H and O–H groups in total. The molecule has 0 bridgehead atoms. The van der Waals surface area contributed by atoms with Gasteiger partial charge in [-0.05, 0) is 25.0 Å². The van der Waals surface area contributed by atoms with Crippen LogP contribution in [-0.4, -0.2) is 5.97 Å². The van der Waals surface area contributed by atoms with Crippen molar-refractivity contribution in [2.75, 3.05) is 0 Å². The molecule has 2 heteroatoms. The Kier molecular flexibility index (Phi) is 3.09. The van der Waals surface area contributed by atoms with Crippen LogP contribution in [0.3, 0.4) is 0 Å². The third-order valence-corrected chi connectivity index (χ3v) is 1.89. The standard InChI is InChI=1S/C10H14O2/c1-3-8-5-6-9(7-8)12-10(11)4-2/h6-7H,3-5H2,1-2H3. The first-order valence-electron chi connectivity index (χ1n) is 4.36. The van der Waals surface area contributed by atoms with Gasteiger partial charge >= 0.3 is 5.97 Å². The van der Waals surface area contributed by atoms with Crippen molar-refractivity contribution in [1.29, 1.82) is 0 Å². The summed E-state index contributed by atoms with van der Waals surface area (Å²) in [6.45, 7) is 3.90. The molecule has 2 nitrogen and oxygen atoms in total. The number of carbonyl (C=O) groups excluding carboxylic acids is 1.